The van der Waals surface area contributed by atoms with E-state index in [0.717, 1.165) is 35.9 Å². The van der Waals surface area contributed by atoms with Crippen molar-refractivity contribution in [3.8, 4) is 0 Å². The van der Waals surface area contributed by atoms with Crippen LogP contribution in [-0.4, -0.2) is 23.4 Å². The molecule has 20 heavy (non-hydrogen) atoms. The Balaban J connectivity index is 2.06. The molecular formula is C15H21ClN4. The van der Waals surface area contributed by atoms with Gasteiger partial charge in [-0.15, -0.1) is 0 Å². The summed E-state index contributed by atoms with van der Waals surface area (Å²) in [5.74, 6) is 0. The van der Waals surface area contributed by atoms with Crippen LogP contribution in [0, 0.1) is 0 Å². The predicted molar refractivity (Wildman–Crippen MR) is 84.1 cm³/mol. The Morgan fingerprint density at radius 3 is 2.80 bits per heavy atom. The SMILES string of the molecule is CCNCc1ccc(N(C)Cc2cnn(C)c2)cc1Cl. The number of aryl methyl sites for hydroxylation is 1. The Morgan fingerprint density at radius 1 is 1.40 bits per heavy atom. The fourth-order valence-electron chi connectivity index (χ4n) is 2.10. The minimum absolute atomic E-state index is 0.807. The molecule has 0 radical (unpaired) electrons. The molecule has 0 saturated heterocycles. The van der Waals surface area contributed by atoms with Crippen molar-refractivity contribution >= 4 is 17.3 Å². The first-order chi connectivity index (χ1) is 9.60. The number of nitrogens with one attached hydrogen (secondary N) is 1. The summed E-state index contributed by atoms with van der Waals surface area (Å²) >= 11 is 6.33. The molecule has 0 atom stereocenters. The van der Waals surface area contributed by atoms with Crippen molar-refractivity contribution in [3.05, 3.63) is 46.7 Å². The summed E-state index contributed by atoms with van der Waals surface area (Å²) in [6.07, 6.45) is 3.91. The minimum Gasteiger partial charge on any atom is -0.370 e. The first kappa shape index (κ1) is 14.9. The average Bonchev–Trinajstić information content (AvgIpc) is 2.82. The summed E-state index contributed by atoms with van der Waals surface area (Å²) in [7, 11) is 3.98. The van der Waals surface area contributed by atoms with E-state index >= 15 is 0 Å². The lowest BCUT2D eigenvalue weighted by molar-refractivity contribution is 0.727. The Hall–Kier alpha value is -1.52. The molecule has 2 rings (SSSR count). The van der Waals surface area contributed by atoms with E-state index in [2.05, 4.69) is 41.4 Å². The van der Waals surface area contributed by atoms with Crippen LogP contribution in [0.2, 0.25) is 5.02 Å². The highest BCUT2D eigenvalue weighted by Gasteiger charge is 2.07. The lowest BCUT2D eigenvalue weighted by Gasteiger charge is -2.19. The third-order valence-corrected chi connectivity index (χ3v) is 3.57. The fraction of sp³-hybridized carbons (Fsp3) is 0.400. The summed E-state index contributed by atoms with van der Waals surface area (Å²) in [5.41, 5.74) is 3.42. The van der Waals surface area contributed by atoms with Crippen LogP contribution < -0.4 is 10.2 Å². The number of hydrogen-bond donors (Lipinski definition) is 1. The summed E-state index contributed by atoms with van der Waals surface area (Å²) in [6.45, 7) is 4.65. The van der Waals surface area contributed by atoms with Gasteiger partial charge in [-0.05, 0) is 24.2 Å². The van der Waals surface area contributed by atoms with Gasteiger partial charge in [0.15, 0.2) is 0 Å². The van der Waals surface area contributed by atoms with Crippen LogP contribution in [0.4, 0.5) is 5.69 Å². The van der Waals surface area contributed by atoms with Gasteiger partial charge in [-0.25, -0.2) is 0 Å². The molecule has 0 bridgehead atoms. The maximum atomic E-state index is 6.33. The van der Waals surface area contributed by atoms with E-state index in [-0.39, 0.29) is 0 Å². The Morgan fingerprint density at radius 2 is 2.20 bits per heavy atom. The molecule has 1 aromatic carbocycles. The fourth-order valence-corrected chi connectivity index (χ4v) is 2.34. The van der Waals surface area contributed by atoms with Gasteiger partial charge in [-0.1, -0.05) is 24.6 Å². The molecule has 5 heteroatoms. The molecule has 0 saturated carbocycles. The average molecular weight is 293 g/mol. The lowest BCUT2D eigenvalue weighted by atomic mass is 10.2. The van der Waals surface area contributed by atoms with Crippen LogP contribution in [0.5, 0.6) is 0 Å². The number of halogens is 1. The first-order valence-electron chi connectivity index (χ1n) is 6.78. The van der Waals surface area contributed by atoms with Gasteiger partial charge in [0.2, 0.25) is 0 Å². The summed E-state index contributed by atoms with van der Waals surface area (Å²) in [6, 6.07) is 6.21. The van der Waals surface area contributed by atoms with Crippen molar-refractivity contribution < 1.29 is 0 Å². The van der Waals surface area contributed by atoms with Gasteiger partial charge in [-0.3, -0.25) is 4.68 Å². The lowest BCUT2D eigenvalue weighted by Crippen LogP contribution is -2.16. The number of benzene rings is 1. The topological polar surface area (TPSA) is 33.1 Å². The summed E-state index contributed by atoms with van der Waals surface area (Å²) < 4.78 is 1.82. The van der Waals surface area contributed by atoms with E-state index in [1.165, 1.54) is 5.56 Å². The maximum Gasteiger partial charge on any atom is 0.0539 e. The van der Waals surface area contributed by atoms with Gasteiger partial charge in [0.05, 0.1) is 6.20 Å². The largest absolute Gasteiger partial charge is 0.370 e. The zero-order valence-corrected chi connectivity index (χ0v) is 13.0. The maximum absolute atomic E-state index is 6.33. The van der Waals surface area contributed by atoms with Crippen molar-refractivity contribution in [1.82, 2.24) is 15.1 Å². The molecule has 108 valence electrons. The minimum atomic E-state index is 0.807. The standard InChI is InChI=1S/C15H21ClN4/c1-4-17-9-13-5-6-14(7-15(13)16)19(2)10-12-8-18-20(3)11-12/h5-8,11,17H,4,9-10H2,1-3H3. The predicted octanol–water partition coefficient (Wildman–Crippen LogP) is 2.82. The molecular weight excluding hydrogens is 272 g/mol. The second kappa shape index (κ2) is 6.77. The molecule has 0 aliphatic carbocycles. The molecule has 1 aromatic heterocycles. The third kappa shape index (κ3) is 3.74. The van der Waals surface area contributed by atoms with E-state index in [1.807, 2.05) is 30.2 Å². The number of nitrogens with zero attached hydrogens (tertiary/aromatic N) is 3. The second-order valence-electron chi connectivity index (χ2n) is 4.93. The molecule has 1 heterocycles. The van der Waals surface area contributed by atoms with Crippen LogP contribution in [0.1, 0.15) is 18.1 Å². The van der Waals surface area contributed by atoms with Gasteiger partial charge < -0.3 is 10.2 Å². The molecule has 1 N–H and O–H groups in total. The number of rotatable bonds is 6. The normalized spacial score (nSPS) is 10.8. The second-order valence-corrected chi connectivity index (χ2v) is 5.34. The van der Waals surface area contributed by atoms with Crippen LogP contribution in [0.3, 0.4) is 0 Å². The van der Waals surface area contributed by atoms with E-state index in [1.54, 1.807) is 0 Å². The first-order valence-corrected chi connectivity index (χ1v) is 7.15. The molecule has 0 fully saturated rings. The van der Waals surface area contributed by atoms with Crippen LogP contribution in [-0.2, 0) is 20.1 Å². The summed E-state index contributed by atoms with van der Waals surface area (Å²) in [5, 5.41) is 8.28. The van der Waals surface area contributed by atoms with E-state index in [9.17, 15) is 0 Å². The molecule has 0 spiro atoms. The van der Waals surface area contributed by atoms with Gasteiger partial charge in [-0.2, -0.15) is 5.10 Å². The Bertz CT molecular complexity index is 565. The number of aromatic nitrogens is 2. The van der Waals surface area contributed by atoms with Crippen molar-refractivity contribution in [3.63, 3.8) is 0 Å². The van der Waals surface area contributed by atoms with Crippen LogP contribution >= 0.6 is 11.6 Å². The van der Waals surface area contributed by atoms with Crippen molar-refractivity contribution in [2.45, 2.75) is 20.0 Å². The van der Waals surface area contributed by atoms with Crippen LogP contribution in [0.15, 0.2) is 30.6 Å². The molecule has 0 unspecified atom stereocenters. The highest BCUT2D eigenvalue weighted by molar-refractivity contribution is 6.31. The molecule has 0 aliphatic heterocycles. The number of hydrogen-bond acceptors (Lipinski definition) is 3. The quantitative estimate of drug-likeness (QED) is 0.889. The molecule has 0 aliphatic rings. The zero-order chi connectivity index (χ0) is 14.5. The van der Waals surface area contributed by atoms with Gasteiger partial charge in [0.25, 0.3) is 0 Å². The Labute approximate surface area is 125 Å². The Kier molecular flexibility index (Phi) is 5.04. The molecule has 0 amide bonds. The van der Waals surface area contributed by atoms with Crippen molar-refractivity contribution in [1.29, 1.82) is 0 Å². The van der Waals surface area contributed by atoms with Gasteiger partial charge in [0, 0.05) is 49.7 Å². The highest BCUT2D eigenvalue weighted by atomic mass is 35.5. The van der Waals surface area contributed by atoms with Gasteiger partial charge >= 0.3 is 0 Å². The van der Waals surface area contributed by atoms with E-state index in [0.29, 0.717) is 0 Å². The van der Waals surface area contributed by atoms with Crippen LogP contribution in [0.25, 0.3) is 0 Å². The smallest absolute Gasteiger partial charge is 0.0539 e. The monoisotopic (exact) mass is 292 g/mol. The van der Waals surface area contributed by atoms with Crippen molar-refractivity contribution in [2.24, 2.45) is 7.05 Å². The molecule has 4 nitrogen and oxygen atoms in total. The third-order valence-electron chi connectivity index (χ3n) is 3.22. The van der Waals surface area contributed by atoms with Gasteiger partial charge in [0.1, 0.15) is 0 Å². The highest BCUT2D eigenvalue weighted by Crippen LogP contribution is 2.24. The van der Waals surface area contributed by atoms with E-state index < -0.39 is 0 Å². The number of anilines is 1. The molecule has 2 aromatic rings. The van der Waals surface area contributed by atoms with E-state index in [4.69, 9.17) is 11.6 Å². The zero-order valence-electron chi connectivity index (χ0n) is 12.2. The van der Waals surface area contributed by atoms with Crippen molar-refractivity contribution in [2.75, 3.05) is 18.5 Å². The summed E-state index contributed by atoms with van der Waals surface area (Å²) in [4.78, 5) is 2.17.